The van der Waals surface area contributed by atoms with Crippen molar-refractivity contribution < 1.29 is 4.79 Å². The van der Waals surface area contributed by atoms with Gasteiger partial charge in [-0.1, -0.05) is 25.5 Å². The Morgan fingerprint density at radius 2 is 1.87 bits per heavy atom. The minimum Gasteiger partial charge on any atom is -0.352 e. The monoisotopic (exact) mass is 212 g/mol. The van der Waals surface area contributed by atoms with Gasteiger partial charge in [-0.25, -0.2) is 0 Å². The van der Waals surface area contributed by atoms with Gasteiger partial charge in [0, 0.05) is 12.6 Å². The molecule has 3 nitrogen and oxygen atoms in total. The lowest BCUT2D eigenvalue weighted by Gasteiger charge is -2.14. The van der Waals surface area contributed by atoms with Gasteiger partial charge in [-0.3, -0.25) is 4.79 Å². The fourth-order valence-electron chi connectivity index (χ4n) is 1.23. The maximum absolute atomic E-state index is 11.4. The van der Waals surface area contributed by atoms with Crippen LogP contribution in [0.3, 0.4) is 0 Å². The smallest absolute Gasteiger partial charge is 0.234 e. The first-order valence-corrected chi connectivity index (χ1v) is 5.73. The molecule has 0 aliphatic heterocycles. The molecule has 88 valence electrons. The first kappa shape index (κ1) is 14.2. The molecule has 0 radical (unpaired) electrons. The zero-order valence-electron chi connectivity index (χ0n) is 10.4. The molecule has 0 unspecified atom stereocenters. The Bertz CT molecular complexity index is 204. The Morgan fingerprint density at radius 1 is 1.27 bits per heavy atom. The van der Waals surface area contributed by atoms with Crippen molar-refractivity contribution in [2.24, 2.45) is 0 Å². The summed E-state index contributed by atoms with van der Waals surface area (Å²) in [6.07, 6.45) is 4.07. The average molecular weight is 212 g/mol. The fraction of sp³-hybridized carbons (Fsp3) is 0.750. The van der Waals surface area contributed by atoms with Crippen molar-refractivity contribution in [3.05, 3.63) is 11.6 Å². The molecule has 0 saturated carbocycles. The average Bonchev–Trinajstić information content (AvgIpc) is 2.20. The summed E-state index contributed by atoms with van der Waals surface area (Å²) in [4.78, 5) is 11.4. The zero-order valence-corrected chi connectivity index (χ0v) is 10.4. The molecule has 0 bridgehead atoms. The Hall–Kier alpha value is -0.830. The van der Waals surface area contributed by atoms with Crippen LogP contribution in [0.5, 0.6) is 0 Å². The van der Waals surface area contributed by atoms with E-state index < -0.39 is 0 Å². The van der Waals surface area contributed by atoms with Crippen LogP contribution in [-0.2, 0) is 4.79 Å². The SMILES string of the molecule is CCC(CC)NC(=O)CNCC=C(C)C. The molecule has 0 aromatic heterocycles. The predicted octanol–water partition coefficient (Wildman–Crippen LogP) is 1.85. The minimum absolute atomic E-state index is 0.0888. The van der Waals surface area contributed by atoms with Crippen LogP contribution in [0.15, 0.2) is 11.6 Å². The largest absolute Gasteiger partial charge is 0.352 e. The third-order valence-electron chi connectivity index (χ3n) is 2.29. The quantitative estimate of drug-likeness (QED) is 0.499. The van der Waals surface area contributed by atoms with Crippen molar-refractivity contribution in [3.63, 3.8) is 0 Å². The lowest BCUT2D eigenvalue weighted by Crippen LogP contribution is -2.39. The van der Waals surface area contributed by atoms with Gasteiger partial charge in [-0.05, 0) is 26.7 Å². The van der Waals surface area contributed by atoms with Crippen molar-refractivity contribution in [3.8, 4) is 0 Å². The third-order valence-corrected chi connectivity index (χ3v) is 2.29. The number of allylic oxidation sites excluding steroid dienone is 1. The van der Waals surface area contributed by atoms with Crippen LogP contribution in [-0.4, -0.2) is 25.0 Å². The van der Waals surface area contributed by atoms with Gasteiger partial charge in [-0.15, -0.1) is 0 Å². The number of rotatable bonds is 7. The molecule has 3 heteroatoms. The maximum atomic E-state index is 11.4. The van der Waals surface area contributed by atoms with Gasteiger partial charge < -0.3 is 10.6 Å². The van der Waals surface area contributed by atoms with Crippen molar-refractivity contribution in [1.29, 1.82) is 0 Å². The van der Waals surface area contributed by atoms with E-state index in [1.807, 2.05) is 13.8 Å². The topological polar surface area (TPSA) is 41.1 Å². The molecule has 0 heterocycles. The molecule has 0 spiro atoms. The molecule has 0 aromatic carbocycles. The Morgan fingerprint density at radius 3 is 2.33 bits per heavy atom. The van der Waals surface area contributed by atoms with Crippen molar-refractivity contribution in [2.75, 3.05) is 13.1 Å². The molecule has 0 aliphatic carbocycles. The van der Waals surface area contributed by atoms with Crippen LogP contribution in [0.2, 0.25) is 0 Å². The second-order valence-corrected chi connectivity index (χ2v) is 3.99. The predicted molar refractivity (Wildman–Crippen MR) is 64.8 cm³/mol. The van der Waals surface area contributed by atoms with E-state index in [0.717, 1.165) is 19.4 Å². The molecule has 2 N–H and O–H groups in total. The Labute approximate surface area is 93.3 Å². The van der Waals surface area contributed by atoms with Crippen molar-refractivity contribution in [1.82, 2.24) is 10.6 Å². The molecular formula is C12H24N2O. The first-order valence-electron chi connectivity index (χ1n) is 5.73. The number of amides is 1. The molecular weight excluding hydrogens is 188 g/mol. The molecule has 0 rings (SSSR count). The summed E-state index contributed by atoms with van der Waals surface area (Å²) in [6.45, 7) is 9.44. The van der Waals surface area contributed by atoms with E-state index in [-0.39, 0.29) is 5.91 Å². The van der Waals surface area contributed by atoms with Gasteiger partial charge in [-0.2, -0.15) is 0 Å². The third kappa shape index (κ3) is 8.18. The minimum atomic E-state index is 0.0888. The summed E-state index contributed by atoms with van der Waals surface area (Å²) >= 11 is 0. The highest BCUT2D eigenvalue weighted by molar-refractivity contribution is 5.78. The molecule has 0 aromatic rings. The molecule has 1 amide bonds. The normalized spacial score (nSPS) is 10.2. The van der Waals surface area contributed by atoms with Crippen molar-refractivity contribution >= 4 is 5.91 Å². The number of carbonyl (C=O) groups excluding carboxylic acids is 1. The molecule has 15 heavy (non-hydrogen) atoms. The van der Waals surface area contributed by atoms with Crippen LogP contribution < -0.4 is 10.6 Å². The van der Waals surface area contributed by atoms with Gasteiger partial charge in [0.1, 0.15) is 0 Å². The summed E-state index contributed by atoms with van der Waals surface area (Å²) in [7, 11) is 0. The van der Waals surface area contributed by atoms with Gasteiger partial charge in [0.25, 0.3) is 0 Å². The summed E-state index contributed by atoms with van der Waals surface area (Å²) in [6, 6.07) is 0.322. The highest BCUT2D eigenvalue weighted by atomic mass is 16.1. The van der Waals surface area contributed by atoms with E-state index in [9.17, 15) is 4.79 Å². The van der Waals surface area contributed by atoms with Crippen LogP contribution in [0.1, 0.15) is 40.5 Å². The van der Waals surface area contributed by atoms with Gasteiger partial charge >= 0.3 is 0 Å². The molecule has 0 aliphatic rings. The molecule has 0 atom stereocenters. The summed E-state index contributed by atoms with van der Waals surface area (Å²) in [5.41, 5.74) is 1.27. The van der Waals surface area contributed by atoms with E-state index in [4.69, 9.17) is 0 Å². The second kappa shape index (κ2) is 8.48. The number of hydrogen-bond acceptors (Lipinski definition) is 2. The lowest BCUT2D eigenvalue weighted by molar-refractivity contribution is -0.120. The van der Waals surface area contributed by atoms with E-state index in [0.29, 0.717) is 12.6 Å². The number of nitrogens with one attached hydrogen (secondary N) is 2. The van der Waals surface area contributed by atoms with E-state index in [1.165, 1.54) is 5.57 Å². The van der Waals surface area contributed by atoms with Gasteiger partial charge in [0.05, 0.1) is 6.54 Å². The highest BCUT2D eigenvalue weighted by Gasteiger charge is 2.06. The number of hydrogen-bond donors (Lipinski definition) is 2. The van der Waals surface area contributed by atoms with Crippen LogP contribution >= 0.6 is 0 Å². The zero-order chi connectivity index (χ0) is 11.7. The van der Waals surface area contributed by atoms with Crippen LogP contribution in [0.25, 0.3) is 0 Å². The summed E-state index contributed by atoms with van der Waals surface area (Å²) in [5, 5.41) is 6.06. The lowest BCUT2D eigenvalue weighted by atomic mass is 10.2. The highest BCUT2D eigenvalue weighted by Crippen LogP contribution is 1.94. The second-order valence-electron chi connectivity index (χ2n) is 3.99. The summed E-state index contributed by atoms with van der Waals surface area (Å²) < 4.78 is 0. The van der Waals surface area contributed by atoms with Crippen LogP contribution in [0.4, 0.5) is 0 Å². The van der Waals surface area contributed by atoms with E-state index in [2.05, 4.69) is 30.6 Å². The fourth-order valence-corrected chi connectivity index (χ4v) is 1.23. The molecule has 0 fully saturated rings. The standard InChI is InChI=1S/C12H24N2O/c1-5-11(6-2)14-12(15)9-13-8-7-10(3)4/h7,11,13H,5-6,8-9H2,1-4H3,(H,14,15). The van der Waals surface area contributed by atoms with Gasteiger partial charge in [0.2, 0.25) is 5.91 Å². The number of carbonyl (C=O) groups is 1. The van der Waals surface area contributed by atoms with E-state index >= 15 is 0 Å². The van der Waals surface area contributed by atoms with Gasteiger partial charge in [0.15, 0.2) is 0 Å². The van der Waals surface area contributed by atoms with Crippen LogP contribution in [0, 0.1) is 0 Å². The first-order chi connectivity index (χ1) is 7.10. The van der Waals surface area contributed by atoms with Crippen molar-refractivity contribution in [2.45, 2.75) is 46.6 Å². The Balaban J connectivity index is 3.61. The Kier molecular flexibility index (Phi) is 8.01. The maximum Gasteiger partial charge on any atom is 0.234 e. The molecule has 0 saturated heterocycles. The van der Waals surface area contributed by atoms with E-state index in [1.54, 1.807) is 0 Å². The summed E-state index contributed by atoms with van der Waals surface area (Å²) in [5.74, 6) is 0.0888.